The number of esters is 1. The molecular weight excluding hydrogens is 336 g/mol. The quantitative estimate of drug-likeness (QED) is 0.249. The fourth-order valence-corrected chi connectivity index (χ4v) is 2.57. The molecule has 2 aromatic rings. The molecule has 0 aliphatic heterocycles. The van der Waals surface area contributed by atoms with E-state index < -0.39 is 0 Å². The van der Waals surface area contributed by atoms with Crippen LogP contribution in [-0.2, 0) is 33.5 Å². The Labute approximate surface area is 161 Å². The highest BCUT2D eigenvalue weighted by Gasteiger charge is 2.01. The predicted octanol–water partition coefficient (Wildman–Crippen LogP) is 4.81. The number of carbonyl (C=O) groups is 1. The summed E-state index contributed by atoms with van der Waals surface area (Å²) in [6.07, 6.45) is 5.23. The van der Waals surface area contributed by atoms with Gasteiger partial charge in [-0.3, -0.25) is 0 Å². The molecule has 0 N–H and O–H groups in total. The molecule has 0 heterocycles. The standard InChI is InChI=1S/C24H26O3/c1-4-19(3)26-16-14-20-6-10-22(11-7-20)18-23-12-8-21(9-13-23)15-17-27-24(25)5-2/h4-13H,1-3,14-18H2. The first-order valence-electron chi connectivity index (χ1n) is 8.99. The van der Waals surface area contributed by atoms with Crippen molar-refractivity contribution in [2.24, 2.45) is 0 Å². The van der Waals surface area contributed by atoms with Gasteiger partial charge in [-0.1, -0.05) is 68.3 Å². The fourth-order valence-electron chi connectivity index (χ4n) is 2.57. The van der Waals surface area contributed by atoms with Crippen LogP contribution in [0.3, 0.4) is 0 Å². The zero-order chi connectivity index (χ0) is 19.5. The van der Waals surface area contributed by atoms with Crippen molar-refractivity contribution in [3.05, 3.63) is 108 Å². The van der Waals surface area contributed by atoms with Crippen molar-refractivity contribution >= 4 is 5.97 Å². The molecule has 0 unspecified atom stereocenters. The van der Waals surface area contributed by atoms with Crippen LogP contribution in [0.5, 0.6) is 0 Å². The Morgan fingerprint density at radius 3 is 1.63 bits per heavy atom. The van der Waals surface area contributed by atoms with Gasteiger partial charge < -0.3 is 9.47 Å². The van der Waals surface area contributed by atoms with Gasteiger partial charge in [-0.25, -0.2) is 4.79 Å². The number of hydrogen-bond donors (Lipinski definition) is 0. The second-order valence-corrected chi connectivity index (χ2v) is 6.20. The zero-order valence-corrected chi connectivity index (χ0v) is 15.7. The molecule has 0 saturated carbocycles. The molecule has 27 heavy (non-hydrogen) atoms. The van der Waals surface area contributed by atoms with Crippen LogP contribution < -0.4 is 0 Å². The number of benzene rings is 2. The van der Waals surface area contributed by atoms with Gasteiger partial charge in [0.05, 0.1) is 13.2 Å². The number of ether oxygens (including phenoxy) is 2. The third kappa shape index (κ3) is 7.37. The van der Waals surface area contributed by atoms with Crippen molar-refractivity contribution in [2.45, 2.75) is 19.3 Å². The van der Waals surface area contributed by atoms with E-state index in [0.717, 1.165) is 18.4 Å². The normalized spacial score (nSPS) is 10.1. The number of allylic oxidation sites excluding steroid dienone is 1. The minimum atomic E-state index is -0.382. The molecule has 0 aliphatic carbocycles. The number of carbonyl (C=O) groups excluding carboxylic acids is 1. The van der Waals surface area contributed by atoms with Crippen LogP contribution in [-0.4, -0.2) is 19.2 Å². The number of hydrogen-bond acceptors (Lipinski definition) is 3. The lowest BCUT2D eigenvalue weighted by Gasteiger charge is -2.08. The summed E-state index contributed by atoms with van der Waals surface area (Å²) in [5.74, 6) is 0.223. The van der Waals surface area contributed by atoms with E-state index in [9.17, 15) is 4.79 Å². The second-order valence-electron chi connectivity index (χ2n) is 6.20. The molecule has 0 bridgehead atoms. The maximum atomic E-state index is 11.0. The molecule has 2 rings (SSSR count). The molecule has 0 saturated heterocycles. The van der Waals surface area contributed by atoms with Gasteiger partial charge >= 0.3 is 5.97 Å². The lowest BCUT2D eigenvalue weighted by atomic mass is 10.0. The van der Waals surface area contributed by atoms with Crippen LogP contribution >= 0.6 is 0 Å². The largest absolute Gasteiger partial charge is 0.494 e. The van der Waals surface area contributed by atoms with Gasteiger partial charge in [0.1, 0.15) is 5.76 Å². The summed E-state index contributed by atoms with van der Waals surface area (Å²) >= 11 is 0. The highest BCUT2D eigenvalue weighted by atomic mass is 16.5. The van der Waals surface area contributed by atoms with Gasteiger partial charge in [-0.05, 0) is 34.8 Å². The highest BCUT2D eigenvalue weighted by Crippen LogP contribution is 2.13. The molecule has 2 aromatic carbocycles. The van der Waals surface area contributed by atoms with Gasteiger partial charge in [-0.15, -0.1) is 0 Å². The predicted molar refractivity (Wildman–Crippen MR) is 110 cm³/mol. The topological polar surface area (TPSA) is 35.5 Å². The first-order valence-corrected chi connectivity index (χ1v) is 8.99. The van der Waals surface area contributed by atoms with Crippen molar-refractivity contribution < 1.29 is 14.3 Å². The highest BCUT2D eigenvalue weighted by molar-refractivity contribution is 5.81. The van der Waals surface area contributed by atoms with Crippen LogP contribution in [0.2, 0.25) is 0 Å². The van der Waals surface area contributed by atoms with E-state index in [-0.39, 0.29) is 5.97 Å². The minimum Gasteiger partial charge on any atom is -0.494 e. The second kappa shape index (κ2) is 10.8. The van der Waals surface area contributed by atoms with Crippen LogP contribution in [0.1, 0.15) is 22.3 Å². The van der Waals surface area contributed by atoms with E-state index in [1.165, 1.54) is 22.8 Å². The average molecular weight is 362 g/mol. The maximum Gasteiger partial charge on any atom is 0.330 e. The van der Waals surface area contributed by atoms with Crippen molar-refractivity contribution in [1.29, 1.82) is 0 Å². The number of rotatable bonds is 11. The summed E-state index contributed by atoms with van der Waals surface area (Å²) in [4.78, 5) is 11.0. The van der Waals surface area contributed by atoms with E-state index in [0.29, 0.717) is 25.4 Å². The Balaban J connectivity index is 1.80. The van der Waals surface area contributed by atoms with Crippen molar-refractivity contribution in [1.82, 2.24) is 0 Å². The Morgan fingerprint density at radius 2 is 1.19 bits per heavy atom. The summed E-state index contributed by atoms with van der Waals surface area (Å²) in [5.41, 5.74) is 4.90. The Morgan fingerprint density at radius 1 is 0.741 bits per heavy atom. The minimum absolute atomic E-state index is 0.371. The van der Waals surface area contributed by atoms with Crippen molar-refractivity contribution in [3.63, 3.8) is 0 Å². The lowest BCUT2D eigenvalue weighted by molar-refractivity contribution is -0.137. The summed E-state index contributed by atoms with van der Waals surface area (Å²) in [7, 11) is 0. The zero-order valence-electron chi connectivity index (χ0n) is 15.7. The summed E-state index contributed by atoms with van der Waals surface area (Å²) in [5, 5.41) is 0. The molecule has 3 heteroatoms. The first-order chi connectivity index (χ1) is 13.1. The van der Waals surface area contributed by atoms with Gasteiger partial charge in [0.25, 0.3) is 0 Å². The third-order valence-electron chi connectivity index (χ3n) is 4.16. The smallest absolute Gasteiger partial charge is 0.330 e. The van der Waals surface area contributed by atoms with Crippen LogP contribution in [0.25, 0.3) is 0 Å². The fraction of sp³-hybridized carbons (Fsp3) is 0.208. The summed E-state index contributed by atoms with van der Waals surface area (Å²) in [6, 6.07) is 17.0. The molecule has 140 valence electrons. The molecule has 0 fully saturated rings. The molecule has 3 nitrogen and oxygen atoms in total. The first kappa shape index (κ1) is 20.2. The third-order valence-corrected chi connectivity index (χ3v) is 4.16. The summed E-state index contributed by atoms with van der Waals surface area (Å²) < 4.78 is 10.4. The molecular formula is C24H26O3. The van der Waals surface area contributed by atoms with E-state index in [1.807, 2.05) is 0 Å². The monoisotopic (exact) mass is 362 g/mol. The van der Waals surface area contributed by atoms with Gasteiger partial charge in [0.2, 0.25) is 0 Å². The van der Waals surface area contributed by atoms with E-state index in [4.69, 9.17) is 9.47 Å². The van der Waals surface area contributed by atoms with Crippen LogP contribution in [0.4, 0.5) is 0 Å². The molecule has 0 aliphatic rings. The van der Waals surface area contributed by atoms with Crippen LogP contribution in [0, 0.1) is 0 Å². The Kier molecular flexibility index (Phi) is 8.11. The molecule has 0 aromatic heterocycles. The van der Waals surface area contributed by atoms with Crippen molar-refractivity contribution in [3.8, 4) is 0 Å². The Hall–Kier alpha value is -3.07. The van der Waals surface area contributed by atoms with E-state index in [2.05, 4.69) is 68.3 Å². The lowest BCUT2D eigenvalue weighted by Crippen LogP contribution is -2.04. The van der Waals surface area contributed by atoms with E-state index >= 15 is 0 Å². The van der Waals surface area contributed by atoms with Crippen molar-refractivity contribution in [2.75, 3.05) is 13.2 Å². The molecule has 0 spiro atoms. The van der Waals surface area contributed by atoms with Crippen LogP contribution in [0.15, 0.2) is 86.2 Å². The average Bonchev–Trinajstić information content (AvgIpc) is 2.70. The van der Waals surface area contributed by atoms with Gasteiger partial charge in [0.15, 0.2) is 0 Å². The molecule has 0 atom stereocenters. The van der Waals surface area contributed by atoms with Gasteiger partial charge in [-0.2, -0.15) is 0 Å². The van der Waals surface area contributed by atoms with Gasteiger partial charge in [0, 0.05) is 18.9 Å². The maximum absolute atomic E-state index is 11.0. The molecule has 0 radical (unpaired) electrons. The van der Waals surface area contributed by atoms with E-state index in [1.54, 1.807) is 6.08 Å². The molecule has 0 amide bonds. The SMILES string of the molecule is C=CC(=C)OCCc1ccc(Cc2ccc(CCOC(=O)C=C)cc2)cc1. The Bertz CT molecular complexity index is 703. The summed E-state index contributed by atoms with van der Waals surface area (Å²) in [6.45, 7) is 11.7.